The summed E-state index contributed by atoms with van der Waals surface area (Å²) < 4.78 is 7.28. The highest BCUT2D eigenvalue weighted by Gasteiger charge is 2.45. The van der Waals surface area contributed by atoms with E-state index in [4.69, 9.17) is 4.74 Å². The molecule has 1 aliphatic heterocycles. The molecular formula is C17H21N3O3. The lowest BCUT2D eigenvalue weighted by atomic mass is 9.90. The van der Waals surface area contributed by atoms with Crippen molar-refractivity contribution >= 4 is 22.9 Å². The van der Waals surface area contributed by atoms with Crippen molar-refractivity contribution in [2.24, 2.45) is 5.92 Å². The van der Waals surface area contributed by atoms with Crippen LogP contribution in [-0.2, 0) is 20.9 Å². The summed E-state index contributed by atoms with van der Waals surface area (Å²) in [6.07, 6.45) is 0.145. The molecule has 0 saturated carbocycles. The molecule has 6 nitrogen and oxygen atoms in total. The number of imidazole rings is 1. The maximum absolute atomic E-state index is 12.3. The van der Waals surface area contributed by atoms with Crippen LogP contribution >= 0.6 is 0 Å². The molecule has 3 rings (SSSR count). The third-order valence-electron chi connectivity index (χ3n) is 4.38. The van der Waals surface area contributed by atoms with E-state index in [2.05, 4.69) is 14.9 Å². The summed E-state index contributed by atoms with van der Waals surface area (Å²) in [4.78, 5) is 28.2. The minimum absolute atomic E-state index is 0.136. The molecule has 0 bridgehead atoms. The van der Waals surface area contributed by atoms with E-state index in [-0.39, 0.29) is 18.3 Å². The van der Waals surface area contributed by atoms with Crippen LogP contribution in [0.2, 0.25) is 0 Å². The van der Waals surface area contributed by atoms with Gasteiger partial charge < -0.3 is 14.6 Å². The Hall–Kier alpha value is -2.37. The summed E-state index contributed by atoms with van der Waals surface area (Å²) >= 11 is 0. The number of nitrogens with zero attached hydrogens (tertiary/aromatic N) is 2. The van der Waals surface area contributed by atoms with Gasteiger partial charge in [-0.15, -0.1) is 0 Å². The molecule has 1 aromatic carbocycles. The molecule has 2 aromatic rings. The van der Waals surface area contributed by atoms with Crippen molar-refractivity contribution in [1.82, 2.24) is 14.9 Å². The molecule has 23 heavy (non-hydrogen) atoms. The van der Waals surface area contributed by atoms with Gasteiger partial charge in [0.2, 0.25) is 5.91 Å². The molecule has 1 unspecified atom stereocenters. The third kappa shape index (κ3) is 2.93. The Morgan fingerprint density at radius 2 is 2.17 bits per heavy atom. The van der Waals surface area contributed by atoms with Crippen molar-refractivity contribution in [3.8, 4) is 0 Å². The van der Waals surface area contributed by atoms with Crippen LogP contribution in [0.1, 0.15) is 26.1 Å². The van der Waals surface area contributed by atoms with E-state index in [9.17, 15) is 9.59 Å². The van der Waals surface area contributed by atoms with Gasteiger partial charge in [-0.2, -0.15) is 0 Å². The lowest BCUT2D eigenvalue weighted by Gasteiger charge is -2.23. The molecule has 1 fully saturated rings. The Bertz CT molecular complexity index is 764. The zero-order chi connectivity index (χ0) is 16.6. The van der Waals surface area contributed by atoms with Gasteiger partial charge >= 0.3 is 5.97 Å². The number of aromatic nitrogens is 2. The minimum Gasteiger partial charge on any atom is -0.459 e. The zero-order valence-corrected chi connectivity index (χ0v) is 13.6. The van der Waals surface area contributed by atoms with E-state index in [1.165, 1.54) is 0 Å². The number of aryl methyl sites for hydroxylation is 1. The number of carbonyl (C=O) groups excluding carboxylic acids is 2. The number of esters is 1. The molecule has 1 aliphatic rings. The summed E-state index contributed by atoms with van der Waals surface area (Å²) in [6, 6.07) is 7.92. The van der Waals surface area contributed by atoms with Crippen LogP contribution in [0.3, 0.4) is 0 Å². The lowest BCUT2D eigenvalue weighted by Crippen LogP contribution is -2.41. The molecular weight excluding hydrogens is 294 g/mol. The lowest BCUT2D eigenvalue weighted by molar-refractivity contribution is -0.147. The highest BCUT2D eigenvalue weighted by atomic mass is 16.6. The van der Waals surface area contributed by atoms with Crippen LogP contribution in [0.5, 0.6) is 0 Å². The molecule has 0 radical (unpaired) electrons. The molecule has 2 heterocycles. The highest BCUT2D eigenvalue weighted by Crippen LogP contribution is 2.32. The van der Waals surface area contributed by atoms with Gasteiger partial charge in [-0.05, 0) is 32.9 Å². The average Bonchev–Trinajstić information content (AvgIpc) is 2.94. The number of fused-ring (bicyclic) bond motifs is 1. The molecule has 1 atom stereocenters. The molecule has 0 aliphatic carbocycles. The second-order valence-corrected chi connectivity index (χ2v) is 6.42. The fourth-order valence-corrected chi connectivity index (χ4v) is 3.12. The SMILES string of the molecule is Cc1nc2ccccc2n1CCNC(=O)C1CC(=O)OC1(C)C. The smallest absolute Gasteiger partial charge is 0.307 e. The number of hydrogen-bond acceptors (Lipinski definition) is 4. The zero-order valence-electron chi connectivity index (χ0n) is 13.6. The molecule has 1 N–H and O–H groups in total. The Morgan fingerprint density at radius 1 is 1.43 bits per heavy atom. The Balaban J connectivity index is 1.64. The van der Waals surface area contributed by atoms with E-state index < -0.39 is 11.5 Å². The van der Waals surface area contributed by atoms with Crippen molar-refractivity contribution in [3.63, 3.8) is 0 Å². The van der Waals surface area contributed by atoms with Crippen LogP contribution in [0.25, 0.3) is 11.0 Å². The van der Waals surface area contributed by atoms with Crippen molar-refractivity contribution in [2.45, 2.75) is 39.3 Å². The van der Waals surface area contributed by atoms with E-state index >= 15 is 0 Å². The van der Waals surface area contributed by atoms with Gasteiger partial charge in [0.1, 0.15) is 11.4 Å². The Labute approximate surface area is 134 Å². The van der Waals surface area contributed by atoms with Gasteiger partial charge in [-0.1, -0.05) is 12.1 Å². The topological polar surface area (TPSA) is 73.2 Å². The minimum atomic E-state index is -0.737. The first kappa shape index (κ1) is 15.5. The first-order valence-electron chi connectivity index (χ1n) is 7.80. The van der Waals surface area contributed by atoms with Gasteiger partial charge in [0, 0.05) is 13.1 Å². The fraction of sp³-hybridized carbons (Fsp3) is 0.471. The number of carbonyl (C=O) groups is 2. The van der Waals surface area contributed by atoms with Crippen molar-refractivity contribution in [3.05, 3.63) is 30.1 Å². The number of hydrogen-bond donors (Lipinski definition) is 1. The first-order chi connectivity index (χ1) is 10.9. The second-order valence-electron chi connectivity index (χ2n) is 6.42. The van der Waals surface area contributed by atoms with Crippen LogP contribution in [-0.4, -0.2) is 33.6 Å². The van der Waals surface area contributed by atoms with Crippen LogP contribution < -0.4 is 5.32 Å². The molecule has 1 amide bonds. The van der Waals surface area contributed by atoms with Crippen molar-refractivity contribution in [1.29, 1.82) is 0 Å². The van der Waals surface area contributed by atoms with E-state index in [0.29, 0.717) is 13.1 Å². The molecule has 122 valence electrons. The number of benzene rings is 1. The summed E-state index contributed by atoms with van der Waals surface area (Å²) in [7, 11) is 0. The van der Waals surface area contributed by atoms with Crippen molar-refractivity contribution < 1.29 is 14.3 Å². The second kappa shape index (κ2) is 5.68. The third-order valence-corrected chi connectivity index (χ3v) is 4.38. The highest BCUT2D eigenvalue weighted by molar-refractivity contribution is 5.87. The summed E-state index contributed by atoms with van der Waals surface area (Å²) in [5, 5.41) is 2.91. The Kier molecular flexibility index (Phi) is 3.83. The fourth-order valence-electron chi connectivity index (χ4n) is 3.12. The number of rotatable bonds is 4. The maximum Gasteiger partial charge on any atom is 0.307 e. The van der Waals surface area contributed by atoms with Gasteiger partial charge in [0.15, 0.2) is 0 Å². The number of ether oxygens (including phenoxy) is 1. The number of cyclic esters (lactones) is 1. The van der Waals surface area contributed by atoms with Gasteiger partial charge in [0.25, 0.3) is 0 Å². The van der Waals surface area contributed by atoms with Gasteiger partial charge in [0.05, 0.1) is 23.4 Å². The monoisotopic (exact) mass is 315 g/mol. The normalized spacial score (nSPS) is 19.8. The summed E-state index contributed by atoms with van der Waals surface area (Å²) in [5.41, 5.74) is 1.27. The summed E-state index contributed by atoms with van der Waals surface area (Å²) in [5.74, 6) is 0.0327. The number of amides is 1. The number of para-hydroxylation sites is 2. The van der Waals surface area contributed by atoms with Crippen LogP contribution in [0.4, 0.5) is 0 Å². The molecule has 1 aromatic heterocycles. The molecule has 1 saturated heterocycles. The van der Waals surface area contributed by atoms with Crippen LogP contribution in [0, 0.1) is 12.8 Å². The van der Waals surface area contributed by atoms with E-state index in [1.54, 1.807) is 13.8 Å². The predicted molar refractivity (Wildman–Crippen MR) is 85.8 cm³/mol. The average molecular weight is 315 g/mol. The molecule has 0 spiro atoms. The standard InChI is InChI=1S/C17H21N3O3/c1-11-19-13-6-4-5-7-14(13)20(11)9-8-18-16(22)12-10-15(21)23-17(12,2)3/h4-7,12H,8-10H2,1-3H3,(H,18,22). The van der Waals surface area contributed by atoms with E-state index in [1.807, 2.05) is 31.2 Å². The summed E-state index contributed by atoms with van der Waals surface area (Å²) in [6.45, 7) is 6.63. The Morgan fingerprint density at radius 3 is 2.87 bits per heavy atom. The quantitative estimate of drug-likeness (QED) is 0.873. The first-order valence-corrected chi connectivity index (χ1v) is 7.80. The van der Waals surface area contributed by atoms with Crippen LogP contribution in [0.15, 0.2) is 24.3 Å². The number of nitrogens with one attached hydrogen (secondary N) is 1. The van der Waals surface area contributed by atoms with Gasteiger partial charge in [-0.3, -0.25) is 9.59 Å². The van der Waals surface area contributed by atoms with Crippen molar-refractivity contribution in [2.75, 3.05) is 6.54 Å². The van der Waals surface area contributed by atoms with E-state index in [0.717, 1.165) is 16.9 Å². The van der Waals surface area contributed by atoms with Gasteiger partial charge in [-0.25, -0.2) is 4.98 Å². The predicted octanol–water partition coefficient (Wildman–Crippen LogP) is 1.80. The largest absolute Gasteiger partial charge is 0.459 e. The molecule has 6 heteroatoms. The maximum atomic E-state index is 12.3.